The molecule has 10 heteroatoms. The highest BCUT2D eigenvalue weighted by Crippen LogP contribution is 2.18. The molecule has 0 saturated carbocycles. The van der Waals surface area contributed by atoms with Gasteiger partial charge in [0, 0.05) is 43.5 Å². The Labute approximate surface area is 252 Å². The molecule has 0 radical (unpaired) electrons. The Morgan fingerprint density at radius 3 is 1.95 bits per heavy atom. The van der Waals surface area contributed by atoms with E-state index in [1.165, 1.54) is 4.90 Å². The van der Waals surface area contributed by atoms with Crippen molar-refractivity contribution >= 4 is 33.4 Å². The molecule has 1 unspecified atom stereocenters. The molecular weight excluding hydrogens is 572 g/mol. The van der Waals surface area contributed by atoms with Crippen LogP contribution in [-0.4, -0.2) is 53.3 Å². The van der Waals surface area contributed by atoms with Gasteiger partial charge in [-0.15, -0.1) is 0 Å². The number of nitrogens with zero attached hydrogens (tertiary/aromatic N) is 3. The Morgan fingerprint density at radius 1 is 0.786 bits per heavy atom. The van der Waals surface area contributed by atoms with Crippen LogP contribution in [0.15, 0.2) is 109 Å². The van der Waals surface area contributed by atoms with Crippen LogP contribution in [0.3, 0.4) is 0 Å². The zero-order valence-electron chi connectivity index (χ0n) is 23.3. The fourth-order valence-corrected chi connectivity index (χ4v) is 5.32. The molecule has 0 saturated heterocycles. The van der Waals surface area contributed by atoms with Crippen LogP contribution in [0.5, 0.6) is 0 Å². The molecule has 1 atom stereocenters. The van der Waals surface area contributed by atoms with Gasteiger partial charge in [0.05, 0.1) is 12.8 Å². The van der Waals surface area contributed by atoms with Crippen LogP contribution in [-0.2, 0) is 45.7 Å². The van der Waals surface area contributed by atoms with Crippen LogP contribution in [0.25, 0.3) is 0 Å². The first-order chi connectivity index (χ1) is 20.2. The first kappa shape index (κ1) is 30.9. The van der Waals surface area contributed by atoms with Gasteiger partial charge in [0.2, 0.25) is 21.8 Å². The summed E-state index contributed by atoms with van der Waals surface area (Å²) >= 11 is 6.10. The average molecular weight is 605 g/mol. The van der Waals surface area contributed by atoms with Crippen molar-refractivity contribution < 1.29 is 18.0 Å². The predicted octanol–water partition coefficient (Wildman–Crippen LogP) is 4.45. The quantitative estimate of drug-likeness (QED) is 0.243. The number of hydrogen-bond donors (Lipinski definition) is 1. The second-order valence-electron chi connectivity index (χ2n) is 9.94. The summed E-state index contributed by atoms with van der Waals surface area (Å²) in [6.45, 7) is -0.0692. The molecule has 42 heavy (non-hydrogen) atoms. The molecule has 0 aliphatic heterocycles. The van der Waals surface area contributed by atoms with E-state index in [2.05, 4.69) is 10.3 Å². The predicted molar refractivity (Wildman–Crippen MR) is 164 cm³/mol. The maximum absolute atomic E-state index is 14.1. The first-order valence-electron chi connectivity index (χ1n) is 13.4. The van der Waals surface area contributed by atoms with E-state index in [-0.39, 0.29) is 32.0 Å². The second kappa shape index (κ2) is 14.7. The number of pyridine rings is 1. The zero-order chi connectivity index (χ0) is 30.0. The van der Waals surface area contributed by atoms with Gasteiger partial charge in [0.25, 0.3) is 0 Å². The number of halogens is 1. The number of amides is 2. The molecule has 1 heterocycles. The van der Waals surface area contributed by atoms with E-state index in [1.807, 2.05) is 48.5 Å². The van der Waals surface area contributed by atoms with E-state index < -0.39 is 28.5 Å². The molecule has 1 N–H and O–H groups in total. The summed E-state index contributed by atoms with van der Waals surface area (Å²) in [5.41, 5.74) is 3.22. The molecule has 0 fully saturated rings. The number of benzene rings is 3. The number of hydrogen-bond acceptors (Lipinski definition) is 5. The fourth-order valence-electron chi connectivity index (χ4n) is 4.47. The Bertz CT molecular complexity index is 1550. The summed E-state index contributed by atoms with van der Waals surface area (Å²) in [5.74, 6) is -0.849. The minimum Gasteiger partial charge on any atom is -0.350 e. The molecule has 0 aliphatic rings. The summed E-state index contributed by atoms with van der Waals surface area (Å²) in [6.07, 6.45) is 4.60. The first-order valence-corrected chi connectivity index (χ1v) is 15.6. The Balaban J connectivity index is 1.67. The van der Waals surface area contributed by atoms with Gasteiger partial charge in [-0.25, -0.2) is 8.42 Å². The van der Waals surface area contributed by atoms with Gasteiger partial charge < -0.3 is 10.2 Å². The van der Waals surface area contributed by atoms with Crippen molar-refractivity contribution in [1.29, 1.82) is 0 Å². The van der Waals surface area contributed by atoms with Crippen molar-refractivity contribution in [1.82, 2.24) is 19.5 Å². The minimum absolute atomic E-state index is 0.0256. The molecule has 4 aromatic rings. The number of sulfonamides is 1. The van der Waals surface area contributed by atoms with Gasteiger partial charge >= 0.3 is 0 Å². The third-order valence-electron chi connectivity index (χ3n) is 6.74. The fraction of sp³-hybridized carbons (Fsp3) is 0.219. The highest BCUT2D eigenvalue weighted by Gasteiger charge is 2.32. The van der Waals surface area contributed by atoms with Crippen LogP contribution in [0.4, 0.5) is 0 Å². The van der Waals surface area contributed by atoms with Gasteiger partial charge in [-0.05, 0) is 46.5 Å². The number of rotatable bonds is 13. The molecule has 0 aliphatic carbocycles. The second-order valence-corrected chi connectivity index (χ2v) is 12.4. The van der Waals surface area contributed by atoms with Crippen LogP contribution < -0.4 is 5.32 Å². The van der Waals surface area contributed by atoms with E-state index in [4.69, 9.17) is 11.6 Å². The topological polar surface area (TPSA) is 99.7 Å². The summed E-state index contributed by atoms with van der Waals surface area (Å²) in [7, 11) is -3.76. The molecule has 0 spiro atoms. The Kier molecular flexibility index (Phi) is 10.8. The molecule has 218 valence electrons. The molecule has 8 nitrogen and oxygen atoms in total. The molecular formula is C32H33ClN4O4S. The third-order valence-corrected chi connectivity index (χ3v) is 8.18. The lowest BCUT2D eigenvalue weighted by Crippen LogP contribution is -2.53. The van der Waals surface area contributed by atoms with Crippen molar-refractivity contribution in [3.63, 3.8) is 0 Å². The van der Waals surface area contributed by atoms with Crippen LogP contribution in [0, 0.1) is 0 Å². The molecule has 4 rings (SSSR count). The summed E-state index contributed by atoms with van der Waals surface area (Å²) in [6, 6.07) is 28.2. The van der Waals surface area contributed by atoms with Crippen molar-refractivity contribution in [2.75, 3.05) is 12.8 Å². The van der Waals surface area contributed by atoms with Crippen LogP contribution >= 0.6 is 11.6 Å². The van der Waals surface area contributed by atoms with E-state index in [9.17, 15) is 18.0 Å². The van der Waals surface area contributed by atoms with Crippen molar-refractivity contribution in [3.05, 3.63) is 137 Å². The van der Waals surface area contributed by atoms with Gasteiger partial charge in [-0.3, -0.25) is 14.6 Å². The van der Waals surface area contributed by atoms with Gasteiger partial charge in [-0.2, -0.15) is 4.31 Å². The SMILES string of the molecule is CS(=O)(=O)N(CC(=O)N(Cc1ccc(Cl)cc1)C(Cc1ccccc1)C(=O)NCc1ccncc1)Cc1ccccc1. The lowest BCUT2D eigenvalue weighted by Gasteiger charge is -2.33. The highest BCUT2D eigenvalue weighted by molar-refractivity contribution is 7.88. The van der Waals surface area contributed by atoms with E-state index >= 15 is 0 Å². The number of nitrogens with one attached hydrogen (secondary N) is 1. The minimum atomic E-state index is -3.76. The monoisotopic (exact) mass is 604 g/mol. The van der Waals surface area contributed by atoms with E-state index in [1.54, 1.807) is 60.9 Å². The molecule has 3 aromatic carbocycles. The third kappa shape index (κ3) is 9.24. The standard InChI is InChI=1S/C32H33ClN4O4S/c1-42(40,41)36(22-27-10-6-3-7-11-27)24-31(38)37(23-28-12-14-29(33)15-13-28)30(20-25-8-4-2-5-9-25)32(39)35-21-26-16-18-34-19-17-26/h2-19,30H,20-24H2,1H3,(H,35,39). The molecule has 2 amide bonds. The van der Waals surface area contributed by atoms with Crippen molar-refractivity contribution in [2.45, 2.75) is 32.1 Å². The maximum atomic E-state index is 14.1. The van der Waals surface area contributed by atoms with Crippen LogP contribution in [0.1, 0.15) is 22.3 Å². The average Bonchev–Trinajstić information content (AvgIpc) is 2.99. The number of carbonyl (C=O) groups excluding carboxylic acids is 2. The largest absolute Gasteiger partial charge is 0.350 e. The van der Waals surface area contributed by atoms with Crippen LogP contribution in [0.2, 0.25) is 5.02 Å². The number of aromatic nitrogens is 1. The van der Waals surface area contributed by atoms with Gasteiger partial charge in [0.1, 0.15) is 6.04 Å². The van der Waals surface area contributed by atoms with Gasteiger partial charge in [0.15, 0.2) is 0 Å². The van der Waals surface area contributed by atoms with Crippen molar-refractivity contribution in [3.8, 4) is 0 Å². The van der Waals surface area contributed by atoms with Gasteiger partial charge in [-0.1, -0.05) is 84.4 Å². The lowest BCUT2D eigenvalue weighted by molar-refractivity contribution is -0.141. The van der Waals surface area contributed by atoms with E-state index in [0.29, 0.717) is 5.02 Å². The van der Waals surface area contributed by atoms with Crippen molar-refractivity contribution in [2.24, 2.45) is 0 Å². The Morgan fingerprint density at radius 2 is 1.36 bits per heavy atom. The zero-order valence-corrected chi connectivity index (χ0v) is 24.8. The van der Waals surface area contributed by atoms with E-state index in [0.717, 1.165) is 32.8 Å². The normalized spacial score (nSPS) is 12.1. The highest BCUT2D eigenvalue weighted by atomic mass is 35.5. The summed E-state index contributed by atoms with van der Waals surface area (Å²) < 4.78 is 26.7. The number of carbonyl (C=O) groups is 2. The maximum Gasteiger partial charge on any atom is 0.243 e. The lowest BCUT2D eigenvalue weighted by atomic mass is 10.0. The molecule has 1 aromatic heterocycles. The molecule has 0 bridgehead atoms. The Hall–Kier alpha value is -4.05. The summed E-state index contributed by atoms with van der Waals surface area (Å²) in [4.78, 5) is 33.4. The summed E-state index contributed by atoms with van der Waals surface area (Å²) in [5, 5.41) is 3.50. The smallest absolute Gasteiger partial charge is 0.243 e.